The van der Waals surface area contributed by atoms with Gasteiger partial charge in [0.15, 0.2) is 5.96 Å². The van der Waals surface area contributed by atoms with E-state index in [1.54, 1.807) is 17.4 Å². The van der Waals surface area contributed by atoms with E-state index < -0.39 is 0 Å². The van der Waals surface area contributed by atoms with Crippen molar-refractivity contribution in [3.8, 4) is 10.6 Å². The average Bonchev–Trinajstić information content (AvgIpc) is 2.91. The normalized spacial score (nSPS) is 10.7. The van der Waals surface area contributed by atoms with E-state index in [0.29, 0.717) is 5.02 Å². The Morgan fingerprint density at radius 2 is 2.05 bits per heavy atom. The number of benzene rings is 1. The van der Waals surface area contributed by atoms with Gasteiger partial charge < -0.3 is 11.5 Å². The average molecular weight is 304 g/mol. The van der Waals surface area contributed by atoms with Crippen LogP contribution in [0, 0.1) is 0 Å². The van der Waals surface area contributed by atoms with Gasteiger partial charge in [0, 0.05) is 10.4 Å². The summed E-state index contributed by atoms with van der Waals surface area (Å²) in [5.41, 5.74) is 12.3. The number of aliphatic imine (C=N–C) groups is 1. The molecule has 2 heterocycles. The number of halogens is 1. The van der Waals surface area contributed by atoms with Crippen molar-refractivity contribution in [3.05, 3.63) is 40.7 Å². The molecule has 0 atom stereocenters. The molecule has 2 aromatic heterocycles. The maximum Gasteiger partial charge on any atom is 0.253 e. The quantitative estimate of drug-likeness (QED) is 0.562. The summed E-state index contributed by atoms with van der Waals surface area (Å²) < 4.78 is 0. The van der Waals surface area contributed by atoms with Crippen LogP contribution in [0.25, 0.3) is 21.5 Å². The van der Waals surface area contributed by atoms with Crippen LogP contribution in [-0.4, -0.2) is 15.9 Å². The standard InChI is InChI=1S/C13H10ClN5S/c14-7-3-4-9-8(6-7)11(10-2-1-5-20-10)18-13(17-9)19-12(15)16/h1-6H,(H4,15,16,17,18,19). The third kappa shape index (κ3) is 2.43. The number of hydrogen-bond acceptors (Lipinski definition) is 4. The predicted molar refractivity (Wildman–Crippen MR) is 83.3 cm³/mol. The highest BCUT2D eigenvalue weighted by atomic mass is 35.5. The number of aromatic nitrogens is 2. The topological polar surface area (TPSA) is 90.2 Å². The van der Waals surface area contributed by atoms with E-state index in [9.17, 15) is 0 Å². The molecule has 0 bridgehead atoms. The first-order valence-corrected chi connectivity index (χ1v) is 7.00. The zero-order valence-corrected chi connectivity index (χ0v) is 11.8. The van der Waals surface area contributed by atoms with E-state index in [2.05, 4.69) is 15.0 Å². The lowest BCUT2D eigenvalue weighted by Gasteiger charge is -2.05. The highest BCUT2D eigenvalue weighted by Gasteiger charge is 2.11. The van der Waals surface area contributed by atoms with Gasteiger partial charge in [-0.15, -0.1) is 11.3 Å². The van der Waals surface area contributed by atoms with Crippen LogP contribution < -0.4 is 11.5 Å². The molecule has 20 heavy (non-hydrogen) atoms. The first-order valence-electron chi connectivity index (χ1n) is 5.74. The van der Waals surface area contributed by atoms with E-state index in [4.69, 9.17) is 23.1 Å². The van der Waals surface area contributed by atoms with Crippen molar-refractivity contribution in [1.82, 2.24) is 9.97 Å². The summed E-state index contributed by atoms with van der Waals surface area (Å²) in [7, 11) is 0. The fraction of sp³-hybridized carbons (Fsp3) is 0. The Morgan fingerprint density at radius 3 is 2.75 bits per heavy atom. The minimum Gasteiger partial charge on any atom is -0.370 e. The third-order valence-corrected chi connectivity index (χ3v) is 3.74. The van der Waals surface area contributed by atoms with E-state index in [-0.39, 0.29) is 11.9 Å². The number of rotatable bonds is 2. The molecule has 0 aliphatic rings. The van der Waals surface area contributed by atoms with Crippen molar-refractivity contribution in [2.24, 2.45) is 16.5 Å². The van der Waals surface area contributed by atoms with Crippen LogP contribution in [0.5, 0.6) is 0 Å². The zero-order valence-electron chi connectivity index (χ0n) is 10.2. The van der Waals surface area contributed by atoms with Crippen LogP contribution in [-0.2, 0) is 0 Å². The summed E-state index contributed by atoms with van der Waals surface area (Å²) in [6.45, 7) is 0. The Labute approximate surface area is 123 Å². The van der Waals surface area contributed by atoms with Gasteiger partial charge in [-0.05, 0) is 29.6 Å². The largest absolute Gasteiger partial charge is 0.370 e. The fourth-order valence-corrected chi connectivity index (χ4v) is 2.76. The Bertz CT molecular complexity index is 794. The molecule has 0 amide bonds. The number of fused-ring (bicyclic) bond motifs is 1. The fourth-order valence-electron chi connectivity index (χ4n) is 1.85. The maximum absolute atomic E-state index is 6.06. The highest BCUT2D eigenvalue weighted by Crippen LogP contribution is 2.32. The lowest BCUT2D eigenvalue weighted by molar-refractivity contribution is 1.17. The molecular formula is C13H10ClN5S. The molecule has 0 saturated carbocycles. The molecule has 0 radical (unpaired) electrons. The van der Waals surface area contributed by atoms with Crippen molar-refractivity contribution < 1.29 is 0 Å². The lowest BCUT2D eigenvalue weighted by Crippen LogP contribution is -2.22. The minimum atomic E-state index is -0.0737. The molecule has 0 spiro atoms. The van der Waals surface area contributed by atoms with Gasteiger partial charge in [-0.1, -0.05) is 17.7 Å². The van der Waals surface area contributed by atoms with Crippen LogP contribution in [0.2, 0.25) is 5.02 Å². The van der Waals surface area contributed by atoms with E-state index >= 15 is 0 Å². The molecule has 0 fully saturated rings. The third-order valence-electron chi connectivity index (χ3n) is 2.63. The molecule has 7 heteroatoms. The summed E-state index contributed by atoms with van der Waals surface area (Å²) in [4.78, 5) is 13.7. The van der Waals surface area contributed by atoms with Crippen LogP contribution in [0.1, 0.15) is 0 Å². The second kappa shape index (κ2) is 5.07. The smallest absolute Gasteiger partial charge is 0.253 e. The number of hydrogen-bond donors (Lipinski definition) is 2. The highest BCUT2D eigenvalue weighted by molar-refractivity contribution is 7.13. The van der Waals surface area contributed by atoms with Gasteiger partial charge in [0.1, 0.15) is 0 Å². The molecule has 0 saturated heterocycles. The van der Waals surface area contributed by atoms with E-state index in [1.807, 2.05) is 29.6 Å². The summed E-state index contributed by atoms with van der Waals surface area (Å²) >= 11 is 7.64. The molecule has 1 aromatic carbocycles. The molecule has 100 valence electrons. The molecule has 3 rings (SSSR count). The van der Waals surface area contributed by atoms with Crippen molar-refractivity contribution in [3.63, 3.8) is 0 Å². The molecule has 0 unspecified atom stereocenters. The van der Waals surface area contributed by atoms with Crippen LogP contribution in [0.3, 0.4) is 0 Å². The van der Waals surface area contributed by atoms with E-state index in [1.165, 1.54) is 0 Å². The zero-order chi connectivity index (χ0) is 14.1. The monoisotopic (exact) mass is 303 g/mol. The van der Waals surface area contributed by atoms with Gasteiger partial charge in [0.05, 0.1) is 16.1 Å². The van der Waals surface area contributed by atoms with Crippen molar-refractivity contribution >= 4 is 45.7 Å². The maximum atomic E-state index is 6.06. The van der Waals surface area contributed by atoms with Crippen LogP contribution in [0.4, 0.5) is 5.95 Å². The Morgan fingerprint density at radius 1 is 1.20 bits per heavy atom. The SMILES string of the molecule is NC(N)=Nc1nc(-c2cccs2)c2cc(Cl)ccc2n1. The summed E-state index contributed by atoms with van der Waals surface area (Å²) in [6.07, 6.45) is 0. The summed E-state index contributed by atoms with van der Waals surface area (Å²) in [5.74, 6) is 0.165. The Hall–Kier alpha value is -2.18. The molecule has 5 nitrogen and oxygen atoms in total. The van der Waals surface area contributed by atoms with Gasteiger partial charge in [-0.2, -0.15) is 4.99 Å². The predicted octanol–water partition coefficient (Wildman–Crippen LogP) is 2.92. The van der Waals surface area contributed by atoms with Gasteiger partial charge in [-0.3, -0.25) is 0 Å². The van der Waals surface area contributed by atoms with Crippen LogP contribution >= 0.6 is 22.9 Å². The second-order valence-corrected chi connectivity index (χ2v) is 5.43. The first-order chi connectivity index (χ1) is 9.63. The molecular weight excluding hydrogens is 294 g/mol. The summed E-state index contributed by atoms with van der Waals surface area (Å²) in [5, 5.41) is 3.48. The molecule has 3 aromatic rings. The van der Waals surface area contributed by atoms with Crippen molar-refractivity contribution in [2.45, 2.75) is 0 Å². The van der Waals surface area contributed by atoms with Gasteiger partial charge in [0.25, 0.3) is 5.95 Å². The van der Waals surface area contributed by atoms with E-state index in [0.717, 1.165) is 21.5 Å². The lowest BCUT2D eigenvalue weighted by atomic mass is 10.1. The Balaban J connectivity index is 2.33. The minimum absolute atomic E-state index is 0.0737. The number of nitrogens with two attached hydrogens (primary N) is 2. The van der Waals surface area contributed by atoms with Gasteiger partial charge in [0.2, 0.25) is 0 Å². The first kappa shape index (κ1) is 12.8. The molecule has 0 aliphatic heterocycles. The molecule has 4 N–H and O–H groups in total. The molecule has 0 aliphatic carbocycles. The van der Waals surface area contributed by atoms with Crippen molar-refractivity contribution in [1.29, 1.82) is 0 Å². The van der Waals surface area contributed by atoms with Gasteiger partial charge >= 0.3 is 0 Å². The number of nitrogens with zero attached hydrogens (tertiary/aromatic N) is 3. The number of guanidine groups is 1. The van der Waals surface area contributed by atoms with Gasteiger partial charge in [-0.25, -0.2) is 9.97 Å². The second-order valence-electron chi connectivity index (χ2n) is 4.05. The number of thiophene rings is 1. The Kier molecular flexibility index (Phi) is 3.25. The van der Waals surface area contributed by atoms with Crippen molar-refractivity contribution in [2.75, 3.05) is 0 Å². The summed E-state index contributed by atoms with van der Waals surface area (Å²) in [6, 6.07) is 9.37. The van der Waals surface area contributed by atoms with Crippen LogP contribution in [0.15, 0.2) is 40.7 Å².